The second-order valence-electron chi connectivity index (χ2n) is 5.20. The Morgan fingerprint density at radius 3 is 1.88 bits per heavy atom. The minimum Gasteiger partial charge on any atom is -0.387 e. The number of aryl methyl sites for hydroxylation is 2. The molecule has 4 heteroatoms. The molecule has 0 heterocycles. The first-order valence-electron chi connectivity index (χ1n) is 5.51. The van der Waals surface area contributed by atoms with Crippen molar-refractivity contribution >= 4 is 9.84 Å². The fourth-order valence-corrected chi connectivity index (χ4v) is 2.31. The van der Waals surface area contributed by atoms with E-state index >= 15 is 0 Å². The highest BCUT2D eigenvalue weighted by molar-refractivity contribution is 7.92. The standard InChI is InChI=1S/C13H20O3S/c1-9-6-10(2)8-11(7-9)12(14)13(3,4)17(5,15)16/h6-8,12,14H,1-5H3. The van der Waals surface area contributed by atoms with E-state index in [0.717, 1.165) is 17.4 Å². The Hall–Kier alpha value is -0.870. The van der Waals surface area contributed by atoms with Crippen molar-refractivity contribution in [3.8, 4) is 0 Å². The summed E-state index contributed by atoms with van der Waals surface area (Å²) < 4.78 is 22.2. The van der Waals surface area contributed by atoms with Crippen molar-refractivity contribution < 1.29 is 13.5 Å². The van der Waals surface area contributed by atoms with Gasteiger partial charge in [0.1, 0.15) is 0 Å². The second kappa shape index (κ2) is 4.42. The molecule has 0 amide bonds. The number of hydrogen-bond acceptors (Lipinski definition) is 3. The summed E-state index contributed by atoms with van der Waals surface area (Å²) >= 11 is 0. The molecule has 0 aliphatic heterocycles. The van der Waals surface area contributed by atoms with Crippen LogP contribution in [-0.4, -0.2) is 24.5 Å². The zero-order valence-corrected chi connectivity index (χ0v) is 11.8. The molecule has 0 saturated carbocycles. The van der Waals surface area contributed by atoms with Crippen molar-refractivity contribution in [2.45, 2.75) is 38.5 Å². The summed E-state index contributed by atoms with van der Waals surface area (Å²) in [6.45, 7) is 6.95. The third-order valence-corrected chi connectivity index (χ3v) is 5.31. The molecular weight excluding hydrogens is 236 g/mol. The highest BCUT2D eigenvalue weighted by Crippen LogP contribution is 2.32. The highest BCUT2D eigenvalue weighted by atomic mass is 32.2. The average molecular weight is 256 g/mol. The van der Waals surface area contributed by atoms with Crippen LogP contribution in [0.4, 0.5) is 0 Å². The molecule has 0 fully saturated rings. The van der Waals surface area contributed by atoms with E-state index in [-0.39, 0.29) is 0 Å². The van der Waals surface area contributed by atoms with E-state index in [4.69, 9.17) is 0 Å². The van der Waals surface area contributed by atoms with E-state index in [9.17, 15) is 13.5 Å². The molecule has 0 aliphatic rings. The molecule has 1 aromatic rings. The van der Waals surface area contributed by atoms with Crippen molar-refractivity contribution in [1.82, 2.24) is 0 Å². The monoisotopic (exact) mass is 256 g/mol. The van der Waals surface area contributed by atoms with Gasteiger partial charge in [-0.25, -0.2) is 8.42 Å². The third kappa shape index (κ3) is 2.87. The van der Waals surface area contributed by atoms with Crippen molar-refractivity contribution in [1.29, 1.82) is 0 Å². The molecule has 3 nitrogen and oxygen atoms in total. The molecule has 0 aliphatic carbocycles. The average Bonchev–Trinajstić information content (AvgIpc) is 2.13. The van der Waals surface area contributed by atoms with Crippen LogP contribution in [0.2, 0.25) is 0 Å². The Bertz CT molecular complexity index is 495. The van der Waals surface area contributed by atoms with Crippen LogP contribution in [-0.2, 0) is 9.84 Å². The van der Waals surface area contributed by atoms with Gasteiger partial charge >= 0.3 is 0 Å². The van der Waals surface area contributed by atoms with E-state index in [1.54, 1.807) is 13.8 Å². The first-order chi connectivity index (χ1) is 7.55. The lowest BCUT2D eigenvalue weighted by molar-refractivity contribution is 0.139. The van der Waals surface area contributed by atoms with Crippen LogP contribution in [0.5, 0.6) is 0 Å². The number of aliphatic hydroxyl groups excluding tert-OH is 1. The van der Waals surface area contributed by atoms with Crippen LogP contribution < -0.4 is 0 Å². The molecule has 1 rings (SSSR count). The quantitative estimate of drug-likeness (QED) is 0.901. The van der Waals surface area contributed by atoms with Crippen LogP contribution in [0.1, 0.15) is 36.6 Å². The van der Waals surface area contributed by atoms with Crippen molar-refractivity contribution in [2.24, 2.45) is 0 Å². The summed E-state index contributed by atoms with van der Waals surface area (Å²) in [6, 6.07) is 5.64. The normalized spacial score (nSPS) is 14.7. The van der Waals surface area contributed by atoms with Gasteiger partial charge in [0.25, 0.3) is 0 Å². The number of rotatable bonds is 3. The third-order valence-electron chi connectivity index (χ3n) is 3.17. The maximum atomic E-state index is 11.7. The first kappa shape index (κ1) is 14.2. The van der Waals surface area contributed by atoms with Gasteiger partial charge in [0.05, 0.1) is 10.9 Å². The van der Waals surface area contributed by atoms with E-state index in [1.807, 2.05) is 32.0 Å². The maximum absolute atomic E-state index is 11.7. The van der Waals surface area contributed by atoms with Gasteiger partial charge in [0.15, 0.2) is 9.84 Å². The Balaban J connectivity index is 3.25. The molecule has 0 radical (unpaired) electrons. The predicted octanol–water partition coefficient (Wildman–Crippen LogP) is 2.16. The molecule has 0 bridgehead atoms. The minimum atomic E-state index is -3.33. The van der Waals surface area contributed by atoms with Gasteiger partial charge in [0.2, 0.25) is 0 Å². The summed E-state index contributed by atoms with van der Waals surface area (Å²) in [5.74, 6) is 0. The lowest BCUT2D eigenvalue weighted by Crippen LogP contribution is -2.37. The lowest BCUT2D eigenvalue weighted by Gasteiger charge is -2.29. The second-order valence-corrected chi connectivity index (χ2v) is 7.80. The van der Waals surface area contributed by atoms with Gasteiger partial charge in [0, 0.05) is 6.26 Å². The number of benzene rings is 1. The van der Waals surface area contributed by atoms with E-state index in [1.165, 1.54) is 0 Å². The fourth-order valence-electron chi connectivity index (χ4n) is 1.77. The molecule has 0 saturated heterocycles. The molecule has 1 aromatic carbocycles. The van der Waals surface area contributed by atoms with Crippen molar-refractivity contribution in [3.63, 3.8) is 0 Å². The van der Waals surface area contributed by atoms with Crippen molar-refractivity contribution in [3.05, 3.63) is 34.9 Å². The molecular formula is C13H20O3S. The van der Waals surface area contributed by atoms with Gasteiger partial charge in [-0.05, 0) is 33.3 Å². The van der Waals surface area contributed by atoms with Gasteiger partial charge < -0.3 is 5.11 Å². The predicted molar refractivity (Wildman–Crippen MR) is 69.8 cm³/mol. The molecule has 1 N–H and O–H groups in total. The van der Waals surface area contributed by atoms with Crippen LogP contribution >= 0.6 is 0 Å². The molecule has 96 valence electrons. The SMILES string of the molecule is Cc1cc(C)cc(C(O)C(C)(C)S(C)(=O)=O)c1. The molecule has 0 aromatic heterocycles. The van der Waals surface area contributed by atoms with Crippen LogP contribution in [0.3, 0.4) is 0 Å². The van der Waals surface area contributed by atoms with Gasteiger partial charge in [-0.15, -0.1) is 0 Å². The lowest BCUT2D eigenvalue weighted by atomic mass is 9.95. The van der Waals surface area contributed by atoms with Gasteiger partial charge in [-0.1, -0.05) is 29.3 Å². The Morgan fingerprint density at radius 1 is 1.12 bits per heavy atom. The van der Waals surface area contributed by atoms with Crippen molar-refractivity contribution in [2.75, 3.05) is 6.26 Å². The van der Waals surface area contributed by atoms with Crippen LogP contribution in [0.25, 0.3) is 0 Å². The topological polar surface area (TPSA) is 54.4 Å². The molecule has 1 unspecified atom stereocenters. The summed E-state index contributed by atoms with van der Waals surface area (Å²) in [7, 11) is -3.33. The molecule has 1 atom stereocenters. The summed E-state index contributed by atoms with van der Waals surface area (Å²) in [4.78, 5) is 0. The summed E-state index contributed by atoms with van der Waals surface area (Å²) in [6.07, 6.45) is 0.134. The van der Waals surface area contributed by atoms with E-state index < -0.39 is 20.7 Å². The summed E-state index contributed by atoms with van der Waals surface area (Å²) in [5, 5.41) is 10.3. The maximum Gasteiger partial charge on any atom is 0.155 e. The number of aliphatic hydroxyl groups is 1. The molecule has 0 spiro atoms. The largest absolute Gasteiger partial charge is 0.387 e. The van der Waals surface area contributed by atoms with Crippen LogP contribution in [0, 0.1) is 13.8 Å². The highest BCUT2D eigenvalue weighted by Gasteiger charge is 2.38. The van der Waals surface area contributed by atoms with Gasteiger partial charge in [-0.2, -0.15) is 0 Å². The Labute approximate surface area is 103 Å². The van der Waals surface area contributed by atoms with E-state index in [2.05, 4.69) is 0 Å². The zero-order chi connectivity index (χ0) is 13.4. The fraction of sp³-hybridized carbons (Fsp3) is 0.538. The first-order valence-corrected chi connectivity index (χ1v) is 7.40. The minimum absolute atomic E-state index is 0.651. The van der Waals surface area contributed by atoms with Crippen LogP contribution in [0.15, 0.2) is 18.2 Å². The Morgan fingerprint density at radius 2 is 1.53 bits per heavy atom. The molecule has 17 heavy (non-hydrogen) atoms. The Kier molecular flexibility index (Phi) is 3.69. The number of sulfone groups is 1. The smallest absolute Gasteiger partial charge is 0.155 e. The van der Waals surface area contributed by atoms with E-state index in [0.29, 0.717) is 5.56 Å². The zero-order valence-electron chi connectivity index (χ0n) is 11.0. The van der Waals surface area contributed by atoms with Gasteiger partial charge in [-0.3, -0.25) is 0 Å². The summed E-state index contributed by atoms with van der Waals surface area (Å²) in [5.41, 5.74) is 2.68. The number of hydrogen-bond donors (Lipinski definition) is 1.